The highest BCUT2D eigenvalue weighted by Crippen LogP contribution is 2.21. The second kappa shape index (κ2) is 5.45. The SMILES string of the molecule is Cc1ccc(C(=O)N[C@H]2CCc3ccccc3C2)cn1. The molecule has 1 atom stereocenters. The second-order valence-electron chi connectivity index (χ2n) is 5.37. The minimum absolute atomic E-state index is 0.0260. The van der Waals surface area contributed by atoms with Crippen LogP contribution in [-0.2, 0) is 12.8 Å². The third kappa shape index (κ3) is 2.72. The molecule has 1 amide bonds. The number of amides is 1. The third-order valence-electron chi connectivity index (χ3n) is 3.86. The minimum atomic E-state index is -0.0260. The van der Waals surface area contributed by atoms with E-state index in [-0.39, 0.29) is 11.9 Å². The zero-order valence-corrected chi connectivity index (χ0v) is 11.6. The molecule has 1 N–H and O–H groups in total. The van der Waals surface area contributed by atoms with Gasteiger partial charge in [-0.05, 0) is 49.4 Å². The first kappa shape index (κ1) is 12.9. The largest absolute Gasteiger partial charge is 0.349 e. The lowest BCUT2D eigenvalue weighted by atomic mass is 9.88. The van der Waals surface area contributed by atoms with Crippen LogP contribution in [0.4, 0.5) is 0 Å². The van der Waals surface area contributed by atoms with Gasteiger partial charge in [0.1, 0.15) is 0 Å². The number of benzene rings is 1. The van der Waals surface area contributed by atoms with Crippen LogP contribution in [-0.4, -0.2) is 16.9 Å². The number of rotatable bonds is 2. The second-order valence-corrected chi connectivity index (χ2v) is 5.37. The highest BCUT2D eigenvalue weighted by molar-refractivity contribution is 5.94. The Morgan fingerprint density at radius 3 is 2.75 bits per heavy atom. The Labute approximate surface area is 119 Å². The Hall–Kier alpha value is -2.16. The average molecular weight is 266 g/mol. The van der Waals surface area contributed by atoms with Crippen molar-refractivity contribution in [2.24, 2.45) is 0 Å². The maximum Gasteiger partial charge on any atom is 0.253 e. The molecule has 3 nitrogen and oxygen atoms in total. The van der Waals surface area contributed by atoms with Gasteiger partial charge in [-0.3, -0.25) is 9.78 Å². The van der Waals surface area contributed by atoms with E-state index in [1.54, 1.807) is 6.20 Å². The van der Waals surface area contributed by atoms with E-state index in [4.69, 9.17) is 0 Å². The van der Waals surface area contributed by atoms with Crippen molar-refractivity contribution >= 4 is 5.91 Å². The van der Waals surface area contributed by atoms with E-state index in [2.05, 4.69) is 34.6 Å². The fraction of sp³-hybridized carbons (Fsp3) is 0.294. The van der Waals surface area contributed by atoms with Crippen molar-refractivity contribution in [3.8, 4) is 0 Å². The van der Waals surface area contributed by atoms with Gasteiger partial charge in [0.2, 0.25) is 0 Å². The van der Waals surface area contributed by atoms with Crippen molar-refractivity contribution in [3.05, 3.63) is 65.0 Å². The van der Waals surface area contributed by atoms with E-state index in [1.165, 1.54) is 11.1 Å². The number of carbonyl (C=O) groups excluding carboxylic acids is 1. The molecule has 1 aromatic heterocycles. The van der Waals surface area contributed by atoms with Gasteiger partial charge < -0.3 is 5.32 Å². The smallest absolute Gasteiger partial charge is 0.253 e. The lowest BCUT2D eigenvalue weighted by molar-refractivity contribution is 0.0933. The summed E-state index contributed by atoms with van der Waals surface area (Å²) < 4.78 is 0. The van der Waals surface area contributed by atoms with Crippen LogP contribution in [0.25, 0.3) is 0 Å². The number of nitrogens with zero attached hydrogens (tertiary/aromatic N) is 1. The summed E-state index contributed by atoms with van der Waals surface area (Å²) in [5.74, 6) is -0.0260. The van der Waals surface area contributed by atoms with Gasteiger partial charge in [-0.25, -0.2) is 0 Å². The van der Waals surface area contributed by atoms with E-state index in [0.29, 0.717) is 5.56 Å². The summed E-state index contributed by atoms with van der Waals surface area (Å²) in [6.07, 6.45) is 4.60. The lowest BCUT2D eigenvalue weighted by Gasteiger charge is -2.25. The van der Waals surface area contributed by atoms with Crippen LogP contribution < -0.4 is 5.32 Å². The Morgan fingerprint density at radius 2 is 2.00 bits per heavy atom. The first-order valence-corrected chi connectivity index (χ1v) is 7.02. The highest BCUT2D eigenvalue weighted by atomic mass is 16.1. The monoisotopic (exact) mass is 266 g/mol. The molecule has 0 spiro atoms. The van der Waals surface area contributed by atoms with E-state index in [1.807, 2.05) is 19.1 Å². The van der Waals surface area contributed by atoms with Gasteiger partial charge in [0, 0.05) is 17.9 Å². The molecule has 1 heterocycles. The van der Waals surface area contributed by atoms with Crippen LogP contribution >= 0.6 is 0 Å². The molecule has 0 saturated heterocycles. The first-order valence-electron chi connectivity index (χ1n) is 7.02. The standard InChI is InChI=1S/C17H18N2O/c1-12-6-7-15(11-18-12)17(20)19-16-9-8-13-4-2-3-5-14(13)10-16/h2-7,11,16H,8-10H2,1H3,(H,19,20)/t16-/m0/s1. The molecule has 0 fully saturated rings. The van der Waals surface area contributed by atoms with Crippen molar-refractivity contribution < 1.29 is 4.79 Å². The maximum absolute atomic E-state index is 12.2. The van der Waals surface area contributed by atoms with Crippen LogP contribution in [0, 0.1) is 6.92 Å². The predicted molar refractivity (Wildman–Crippen MR) is 78.7 cm³/mol. The molecule has 3 heteroatoms. The van der Waals surface area contributed by atoms with Crippen LogP contribution in [0.2, 0.25) is 0 Å². The molecular weight excluding hydrogens is 248 g/mol. The zero-order valence-electron chi connectivity index (χ0n) is 11.6. The lowest BCUT2D eigenvalue weighted by Crippen LogP contribution is -2.38. The average Bonchev–Trinajstić information content (AvgIpc) is 2.48. The summed E-state index contributed by atoms with van der Waals surface area (Å²) in [7, 11) is 0. The van der Waals surface area contributed by atoms with Gasteiger partial charge >= 0.3 is 0 Å². The molecule has 102 valence electrons. The predicted octanol–water partition coefficient (Wildman–Crippen LogP) is 2.68. The van der Waals surface area contributed by atoms with E-state index in [0.717, 1.165) is 25.0 Å². The Balaban J connectivity index is 1.67. The number of aryl methyl sites for hydroxylation is 2. The topological polar surface area (TPSA) is 42.0 Å². The van der Waals surface area contributed by atoms with Crippen LogP contribution in [0.1, 0.15) is 33.6 Å². The summed E-state index contributed by atoms with van der Waals surface area (Å²) in [4.78, 5) is 16.4. The van der Waals surface area contributed by atoms with E-state index < -0.39 is 0 Å². The van der Waals surface area contributed by atoms with Crippen LogP contribution in [0.5, 0.6) is 0 Å². The number of aromatic nitrogens is 1. The summed E-state index contributed by atoms with van der Waals surface area (Å²) in [5.41, 5.74) is 4.32. The van der Waals surface area contributed by atoms with Gasteiger partial charge in [-0.2, -0.15) is 0 Å². The minimum Gasteiger partial charge on any atom is -0.349 e. The summed E-state index contributed by atoms with van der Waals surface area (Å²) in [6, 6.07) is 12.4. The Morgan fingerprint density at radius 1 is 1.20 bits per heavy atom. The van der Waals surface area contributed by atoms with Crippen molar-refractivity contribution in [2.45, 2.75) is 32.2 Å². The summed E-state index contributed by atoms with van der Waals surface area (Å²) >= 11 is 0. The number of fused-ring (bicyclic) bond motifs is 1. The van der Waals surface area contributed by atoms with E-state index >= 15 is 0 Å². The zero-order chi connectivity index (χ0) is 13.9. The molecule has 0 bridgehead atoms. The molecular formula is C17H18N2O. The third-order valence-corrected chi connectivity index (χ3v) is 3.86. The number of pyridine rings is 1. The molecule has 20 heavy (non-hydrogen) atoms. The molecule has 0 radical (unpaired) electrons. The number of carbonyl (C=O) groups is 1. The Bertz CT molecular complexity index is 619. The maximum atomic E-state index is 12.2. The first-order chi connectivity index (χ1) is 9.72. The molecule has 1 aromatic carbocycles. The van der Waals surface area contributed by atoms with Gasteiger partial charge in [0.25, 0.3) is 5.91 Å². The molecule has 0 saturated carbocycles. The van der Waals surface area contributed by atoms with Crippen LogP contribution in [0.15, 0.2) is 42.6 Å². The van der Waals surface area contributed by atoms with Crippen molar-refractivity contribution in [1.82, 2.24) is 10.3 Å². The molecule has 0 aliphatic heterocycles. The van der Waals surface area contributed by atoms with E-state index in [9.17, 15) is 4.79 Å². The van der Waals surface area contributed by atoms with Crippen LogP contribution in [0.3, 0.4) is 0 Å². The molecule has 0 unspecified atom stereocenters. The quantitative estimate of drug-likeness (QED) is 0.908. The van der Waals surface area contributed by atoms with Gasteiger partial charge in [-0.15, -0.1) is 0 Å². The number of hydrogen-bond donors (Lipinski definition) is 1. The van der Waals surface area contributed by atoms with Crippen molar-refractivity contribution in [3.63, 3.8) is 0 Å². The molecule has 1 aliphatic rings. The summed E-state index contributed by atoms with van der Waals surface area (Å²) in [5, 5.41) is 3.12. The Kier molecular flexibility index (Phi) is 3.50. The number of hydrogen-bond acceptors (Lipinski definition) is 2. The molecule has 3 rings (SSSR count). The van der Waals surface area contributed by atoms with Crippen molar-refractivity contribution in [1.29, 1.82) is 0 Å². The molecule has 1 aliphatic carbocycles. The summed E-state index contributed by atoms with van der Waals surface area (Å²) in [6.45, 7) is 1.92. The fourth-order valence-corrected chi connectivity index (χ4v) is 2.69. The number of nitrogens with one attached hydrogen (secondary N) is 1. The normalized spacial score (nSPS) is 17.4. The van der Waals surface area contributed by atoms with Gasteiger partial charge in [-0.1, -0.05) is 24.3 Å². The fourth-order valence-electron chi connectivity index (χ4n) is 2.69. The van der Waals surface area contributed by atoms with Gasteiger partial charge in [0.15, 0.2) is 0 Å². The highest BCUT2D eigenvalue weighted by Gasteiger charge is 2.20. The van der Waals surface area contributed by atoms with Gasteiger partial charge in [0.05, 0.1) is 5.56 Å². The van der Waals surface area contributed by atoms with Crippen molar-refractivity contribution in [2.75, 3.05) is 0 Å². The molecule has 2 aromatic rings.